The summed E-state index contributed by atoms with van der Waals surface area (Å²) in [6.45, 7) is 0. The summed E-state index contributed by atoms with van der Waals surface area (Å²) in [6.07, 6.45) is 3.49. The summed E-state index contributed by atoms with van der Waals surface area (Å²) in [5.74, 6) is 0.866. The van der Waals surface area contributed by atoms with Gasteiger partial charge in [0, 0.05) is 25.0 Å². The van der Waals surface area contributed by atoms with Gasteiger partial charge in [0.1, 0.15) is 5.82 Å². The molecule has 0 amide bonds. The van der Waals surface area contributed by atoms with E-state index < -0.39 is 0 Å². The average Bonchev–Trinajstić information content (AvgIpc) is 2.69. The van der Waals surface area contributed by atoms with Gasteiger partial charge in [-0.1, -0.05) is 23.2 Å². The highest BCUT2D eigenvalue weighted by molar-refractivity contribution is 6.42. The van der Waals surface area contributed by atoms with E-state index in [1.165, 1.54) is 0 Å². The van der Waals surface area contributed by atoms with Crippen LogP contribution in [0.1, 0.15) is 0 Å². The highest BCUT2D eigenvalue weighted by Gasteiger charge is 2.11. The molecule has 2 aromatic heterocycles. The van der Waals surface area contributed by atoms with Gasteiger partial charge in [0.2, 0.25) is 0 Å². The molecular weight excluding hydrogens is 269 g/mol. The lowest BCUT2D eigenvalue weighted by atomic mass is 10.2. The summed E-state index contributed by atoms with van der Waals surface area (Å²) in [6, 6.07) is 7.45. The molecular formula is C13H9Cl2N3. The molecule has 0 N–H and O–H groups in total. The SMILES string of the molecule is Cn1c(-c2ccncc2)nc2cc(Cl)c(Cl)cc21. The second kappa shape index (κ2) is 4.26. The summed E-state index contributed by atoms with van der Waals surface area (Å²) < 4.78 is 1.99. The lowest BCUT2D eigenvalue weighted by molar-refractivity contribution is 0.958. The fraction of sp³-hybridized carbons (Fsp3) is 0.0769. The van der Waals surface area contributed by atoms with Crippen LogP contribution in [0, 0.1) is 0 Å². The van der Waals surface area contributed by atoms with Gasteiger partial charge in [0.15, 0.2) is 0 Å². The largest absolute Gasteiger partial charge is 0.327 e. The normalized spacial score (nSPS) is 11.1. The molecule has 90 valence electrons. The molecule has 0 radical (unpaired) electrons. The predicted octanol–water partition coefficient (Wildman–Crippen LogP) is 3.94. The number of nitrogens with zero attached hydrogens (tertiary/aromatic N) is 3. The molecule has 0 unspecified atom stereocenters. The number of rotatable bonds is 1. The maximum atomic E-state index is 6.03. The molecule has 5 heteroatoms. The summed E-state index contributed by atoms with van der Waals surface area (Å²) in [4.78, 5) is 8.58. The van der Waals surface area contributed by atoms with Gasteiger partial charge in [-0.2, -0.15) is 0 Å². The standard InChI is InChI=1S/C13H9Cl2N3/c1-18-12-7-10(15)9(14)6-11(12)17-13(18)8-2-4-16-5-3-8/h2-7H,1H3. The number of hydrogen-bond acceptors (Lipinski definition) is 2. The van der Waals surface area contributed by atoms with Crippen LogP contribution in [0.3, 0.4) is 0 Å². The first-order chi connectivity index (χ1) is 8.66. The van der Waals surface area contributed by atoms with Crippen LogP contribution in [0.25, 0.3) is 22.4 Å². The molecule has 0 aliphatic carbocycles. The highest BCUT2D eigenvalue weighted by atomic mass is 35.5. The fourth-order valence-electron chi connectivity index (χ4n) is 1.95. The van der Waals surface area contributed by atoms with Gasteiger partial charge in [-0.05, 0) is 24.3 Å². The van der Waals surface area contributed by atoms with Crippen LogP contribution in [0.5, 0.6) is 0 Å². The Balaban J connectivity index is 2.30. The zero-order valence-electron chi connectivity index (χ0n) is 9.56. The van der Waals surface area contributed by atoms with Crippen molar-refractivity contribution < 1.29 is 0 Å². The Kier molecular flexibility index (Phi) is 2.73. The number of hydrogen-bond donors (Lipinski definition) is 0. The van der Waals surface area contributed by atoms with E-state index in [9.17, 15) is 0 Å². The minimum Gasteiger partial charge on any atom is -0.327 e. The van der Waals surface area contributed by atoms with Crippen molar-refractivity contribution in [1.82, 2.24) is 14.5 Å². The van der Waals surface area contributed by atoms with Gasteiger partial charge in [0.05, 0.1) is 21.1 Å². The Morgan fingerprint density at radius 3 is 2.44 bits per heavy atom. The molecule has 0 aliphatic rings. The maximum absolute atomic E-state index is 6.03. The van der Waals surface area contributed by atoms with Crippen LogP contribution in [-0.4, -0.2) is 14.5 Å². The van der Waals surface area contributed by atoms with Crippen LogP contribution in [0.4, 0.5) is 0 Å². The van der Waals surface area contributed by atoms with Crippen molar-refractivity contribution in [3.05, 3.63) is 46.7 Å². The van der Waals surface area contributed by atoms with Gasteiger partial charge in [-0.3, -0.25) is 4.98 Å². The average molecular weight is 278 g/mol. The Bertz CT molecular complexity index is 720. The molecule has 18 heavy (non-hydrogen) atoms. The first-order valence-corrected chi connectivity index (χ1v) is 6.14. The van der Waals surface area contributed by atoms with Crippen molar-refractivity contribution >= 4 is 34.2 Å². The van der Waals surface area contributed by atoms with Crippen LogP contribution < -0.4 is 0 Å². The molecule has 0 spiro atoms. The number of benzene rings is 1. The Hall–Kier alpha value is -1.58. The number of aromatic nitrogens is 3. The molecule has 0 saturated carbocycles. The predicted molar refractivity (Wildman–Crippen MR) is 74.0 cm³/mol. The molecule has 0 fully saturated rings. The summed E-state index contributed by atoms with van der Waals surface area (Å²) >= 11 is 12.0. The van der Waals surface area contributed by atoms with Crippen molar-refractivity contribution in [2.75, 3.05) is 0 Å². The lowest BCUT2D eigenvalue weighted by Gasteiger charge is -2.02. The second-order valence-electron chi connectivity index (χ2n) is 3.99. The van der Waals surface area contributed by atoms with Crippen molar-refractivity contribution in [2.24, 2.45) is 7.05 Å². The third kappa shape index (κ3) is 1.76. The summed E-state index contributed by atoms with van der Waals surface area (Å²) in [5.41, 5.74) is 2.80. The molecule has 3 rings (SSSR count). The molecule has 3 aromatic rings. The van der Waals surface area contributed by atoms with E-state index in [4.69, 9.17) is 23.2 Å². The Morgan fingerprint density at radius 2 is 1.72 bits per heavy atom. The fourth-order valence-corrected chi connectivity index (χ4v) is 2.26. The van der Waals surface area contributed by atoms with Crippen LogP contribution in [-0.2, 0) is 7.05 Å². The van der Waals surface area contributed by atoms with Gasteiger partial charge in [-0.25, -0.2) is 4.98 Å². The van der Waals surface area contributed by atoms with Crippen LogP contribution >= 0.6 is 23.2 Å². The first kappa shape index (κ1) is 11.5. The monoisotopic (exact) mass is 277 g/mol. The lowest BCUT2D eigenvalue weighted by Crippen LogP contribution is -1.92. The van der Waals surface area contributed by atoms with E-state index in [0.29, 0.717) is 10.0 Å². The minimum atomic E-state index is 0.517. The molecule has 1 aromatic carbocycles. The quantitative estimate of drug-likeness (QED) is 0.675. The van der Waals surface area contributed by atoms with E-state index in [1.54, 1.807) is 18.5 Å². The van der Waals surface area contributed by atoms with E-state index in [0.717, 1.165) is 22.4 Å². The summed E-state index contributed by atoms with van der Waals surface area (Å²) in [5, 5.41) is 1.05. The van der Waals surface area contributed by atoms with E-state index in [2.05, 4.69) is 9.97 Å². The minimum absolute atomic E-state index is 0.517. The van der Waals surface area contributed by atoms with Crippen LogP contribution in [0.2, 0.25) is 10.0 Å². The van der Waals surface area contributed by atoms with Gasteiger partial charge in [-0.15, -0.1) is 0 Å². The van der Waals surface area contributed by atoms with Gasteiger partial charge in [0.25, 0.3) is 0 Å². The zero-order valence-corrected chi connectivity index (χ0v) is 11.1. The molecule has 3 nitrogen and oxygen atoms in total. The highest BCUT2D eigenvalue weighted by Crippen LogP contribution is 2.30. The Morgan fingerprint density at radius 1 is 1.06 bits per heavy atom. The van der Waals surface area contributed by atoms with Crippen LogP contribution in [0.15, 0.2) is 36.7 Å². The number of fused-ring (bicyclic) bond motifs is 1. The zero-order chi connectivity index (χ0) is 12.7. The van der Waals surface area contributed by atoms with Crippen molar-refractivity contribution in [3.63, 3.8) is 0 Å². The molecule has 2 heterocycles. The number of imidazole rings is 1. The maximum Gasteiger partial charge on any atom is 0.140 e. The molecule has 0 saturated heterocycles. The van der Waals surface area contributed by atoms with E-state index in [1.807, 2.05) is 29.8 Å². The van der Waals surface area contributed by atoms with Crippen molar-refractivity contribution in [2.45, 2.75) is 0 Å². The number of pyridine rings is 1. The topological polar surface area (TPSA) is 30.7 Å². The molecule has 0 bridgehead atoms. The smallest absolute Gasteiger partial charge is 0.140 e. The van der Waals surface area contributed by atoms with E-state index in [-0.39, 0.29) is 0 Å². The molecule has 0 atom stereocenters. The molecule has 0 aliphatic heterocycles. The number of aryl methyl sites for hydroxylation is 1. The first-order valence-electron chi connectivity index (χ1n) is 5.38. The Labute approximate surface area is 114 Å². The third-order valence-electron chi connectivity index (χ3n) is 2.86. The van der Waals surface area contributed by atoms with Gasteiger partial charge >= 0.3 is 0 Å². The summed E-state index contributed by atoms with van der Waals surface area (Å²) in [7, 11) is 1.95. The van der Waals surface area contributed by atoms with Gasteiger partial charge < -0.3 is 4.57 Å². The van der Waals surface area contributed by atoms with E-state index >= 15 is 0 Å². The third-order valence-corrected chi connectivity index (χ3v) is 3.58. The van der Waals surface area contributed by atoms with Crippen molar-refractivity contribution in [1.29, 1.82) is 0 Å². The number of halogens is 2. The van der Waals surface area contributed by atoms with Crippen molar-refractivity contribution in [3.8, 4) is 11.4 Å². The second-order valence-corrected chi connectivity index (χ2v) is 4.80.